The van der Waals surface area contributed by atoms with E-state index in [0.29, 0.717) is 11.1 Å². The van der Waals surface area contributed by atoms with E-state index in [2.05, 4.69) is 25.0 Å². The van der Waals surface area contributed by atoms with E-state index in [4.69, 9.17) is 6.42 Å². The second-order valence-electron chi connectivity index (χ2n) is 3.50. The molecule has 0 fully saturated rings. The van der Waals surface area contributed by atoms with Crippen molar-refractivity contribution in [3.8, 4) is 12.3 Å². The van der Waals surface area contributed by atoms with Gasteiger partial charge in [-0.25, -0.2) is 0 Å². The second-order valence-corrected chi connectivity index (χ2v) is 3.50. The predicted octanol–water partition coefficient (Wildman–Crippen LogP) is 3.48. The first kappa shape index (κ1) is 12.7. The van der Waals surface area contributed by atoms with Crippen molar-refractivity contribution in [3.63, 3.8) is 0 Å². The van der Waals surface area contributed by atoms with Gasteiger partial charge in [0, 0.05) is 11.1 Å². The lowest BCUT2D eigenvalue weighted by Crippen LogP contribution is -1.84. The number of aldehydes is 1. The molecule has 0 aliphatic heterocycles. The van der Waals surface area contributed by atoms with E-state index in [0.717, 1.165) is 6.29 Å². The van der Waals surface area contributed by atoms with Crippen LogP contribution in [-0.4, -0.2) is 6.29 Å². The van der Waals surface area contributed by atoms with Crippen molar-refractivity contribution < 1.29 is 4.79 Å². The fourth-order valence-corrected chi connectivity index (χ4v) is 1.27. The monoisotopic (exact) mass is 222 g/mol. The minimum absolute atomic E-state index is 0.574. The van der Waals surface area contributed by atoms with E-state index in [9.17, 15) is 4.79 Å². The SMILES string of the molecule is C#Cc1ccccc1C=O.Cc1ccccc1. The molecule has 1 heteroatoms. The van der Waals surface area contributed by atoms with Gasteiger partial charge in [0.2, 0.25) is 0 Å². The number of carbonyl (C=O) groups is 1. The Morgan fingerprint density at radius 1 is 1.00 bits per heavy atom. The van der Waals surface area contributed by atoms with Gasteiger partial charge >= 0.3 is 0 Å². The van der Waals surface area contributed by atoms with Crippen LogP contribution in [0.5, 0.6) is 0 Å². The fourth-order valence-electron chi connectivity index (χ4n) is 1.27. The number of hydrogen-bond donors (Lipinski definition) is 0. The van der Waals surface area contributed by atoms with Crippen molar-refractivity contribution in [1.29, 1.82) is 0 Å². The third-order valence-corrected chi connectivity index (χ3v) is 2.18. The first-order valence-electron chi connectivity index (χ1n) is 5.30. The third-order valence-electron chi connectivity index (χ3n) is 2.18. The molecule has 84 valence electrons. The molecule has 0 atom stereocenters. The van der Waals surface area contributed by atoms with Crippen molar-refractivity contribution in [2.45, 2.75) is 6.92 Å². The molecule has 0 spiro atoms. The summed E-state index contributed by atoms with van der Waals surface area (Å²) in [6, 6.07) is 17.3. The Balaban J connectivity index is 0.000000181. The van der Waals surface area contributed by atoms with Gasteiger partial charge in [0.25, 0.3) is 0 Å². The molecule has 0 radical (unpaired) electrons. The average molecular weight is 222 g/mol. The van der Waals surface area contributed by atoms with Crippen LogP contribution in [0.3, 0.4) is 0 Å². The van der Waals surface area contributed by atoms with Gasteiger partial charge in [-0.15, -0.1) is 6.42 Å². The summed E-state index contributed by atoms with van der Waals surface area (Å²) in [5, 5.41) is 0. The largest absolute Gasteiger partial charge is 0.298 e. The Bertz CT molecular complexity index is 507. The van der Waals surface area contributed by atoms with Crippen LogP contribution < -0.4 is 0 Å². The molecule has 17 heavy (non-hydrogen) atoms. The number of terminal acetylenes is 1. The third kappa shape index (κ3) is 4.36. The Kier molecular flexibility index (Phi) is 5.27. The van der Waals surface area contributed by atoms with E-state index < -0.39 is 0 Å². The summed E-state index contributed by atoms with van der Waals surface area (Å²) >= 11 is 0. The highest BCUT2D eigenvalue weighted by atomic mass is 16.1. The van der Waals surface area contributed by atoms with Crippen molar-refractivity contribution in [2.24, 2.45) is 0 Å². The zero-order chi connectivity index (χ0) is 12.5. The van der Waals surface area contributed by atoms with Crippen LogP contribution in [0.15, 0.2) is 54.6 Å². The Morgan fingerprint density at radius 2 is 1.59 bits per heavy atom. The molecule has 0 aliphatic rings. The normalized spacial score (nSPS) is 8.47. The van der Waals surface area contributed by atoms with Gasteiger partial charge in [-0.1, -0.05) is 60.0 Å². The van der Waals surface area contributed by atoms with Gasteiger partial charge in [0.15, 0.2) is 6.29 Å². The molecule has 0 heterocycles. The smallest absolute Gasteiger partial charge is 0.151 e. The molecule has 0 amide bonds. The first-order chi connectivity index (χ1) is 8.27. The summed E-state index contributed by atoms with van der Waals surface area (Å²) in [6.07, 6.45) is 5.88. The van der Waals surface area contributed by atoms with Crippen LogP contribution in [-0.2, 0) is 0 Å². The van der Waals surface area contributed by atoms with Crippen LogP contribution >= 0.6 is 0 Å². The lowest BCUT2D eigenvalue weighted by Gasteiger charge is -1.91. The van der Waals surface area contributed by atoms with E-state index in [1.54, 1.807) is 18.2 Å². The van der Waals surface area contributed by atoms with Gasteiger partial charge < -0.3 is 0 Å². The summed E-state index contributed by atoms with van der Waals surface area (Å²) < 4.78 is 0. The Morgan fingerprint density at radius 3 is 2.00 bits per heavy atom. The number of benzene rings is 2. The molecule has 0 aliphatic carbocycles. The minimum atomic E-state index is 0.574. The van der Waals surface area contributed by atoms with Gasteiger partial charge in [0.1, 0.15) is 0 Å². The molecule has 0 unspecified atom stereocenters. The molecule has 0 N–H and O–H groups in total. The second kappa shape index (κ2) is 7.03. The zero-order valence-corrected chi connectivity index (χ0v) is 9.76. The quantitative estimate of drug-likeness (QED) is 0.533. The maximum Gasteiger partial charge on any atom is 0.151 e. The molecule has 0 aromatic heterocycles. The van der Waals surface area contributed by atoms with Crippen LogP contribution in [0.2, 0.25) is 0 Å². The summed E-state index contributed by atoms with van der Waals surface area (Å²) in [4.78, 5) is 10.3. The lowest BCUT2D eigenvalue weighted by atomic mass is 10.1. The van der Waals surface area contributed by atoms with Crippen molar-refractivity contribution >= 4 is 6.29 Å². The van der Waals surface area contributed by atoms with Crippen LogP contribution in [0, 0.1) is 19.3 Å². The number of hydrogen-bond acceptors (Lipinski definition) is 1. The number of carbonyl (C=O) groups excluding carboxylic acids is 1. The summed E-state index contributed by atoms with van der Waals surface area (Å²) in [5.41, 5.74) is 2.55. The highest BCUT2D eigenvalue weighted by Gasteiger charge is 1.93. The molecular weight excluding hydrogens is 208 g/mol. The fraction of sp³-hybridized carbons (Fsp3) is 0.0625. The Hall–Kier alpha value is -2.33. The van der Waals surface area contributed by atoms with Crippen LogP contribution in [0.25, 0.3) is 0 Å². The zero-order valence-electron chi connectivity index (χ0n) is 9.76. The van der Waals surface area contributed by atoms with E-state index in [1.807, 2.05) is 24.3 Å². The summed E-state index contributed by atoms with van der Waals surface area (Å²) in [6.45, 7) is 2.08. The van der Waals surface area contributed by atoms with Crippen molar-refractivity contribution in [1.82, 2.24) is 0 Å². The molecule has 0 bridgehead atoms. The van der Waals surface area contributed by atoms with E-state index >= 15 is 0 Å². The van der Waals surface area contributed by atoms with Crippen molar-refractivity contribution in [3.05, 3.63) is 71.3 Å². The van der Waals surface area contributed by atoms with Crippen LogP contribution in [0.1, 0.15) is 21.5 Å². The highest BCUT2D eigenvalue weighted by Crippen LogP contribution is 2.02. The van der Waals surface area contributed by atoms with Crippen LogP contribution in [0.4, 0.5) is 0 Å². The lowest BCUT2D eigenvalue weighted by molar-refractivity contribution is 0.112. The first-order valence-corrected chi connectivity index (χ1v) is 5.30. The average Bonchev–Trinajstić information content (AvgIpc) is 2.40. The van der Waals surface area contributed by atoms with Crippen molar-refractivity contribution in [2.75, 3.05) is 0 Å². The molecule has 0 saturated carbocycles. The van der Waals surface area contributed by atoms with E-state index in [1.165, 1.54) is 5.56 Å². The maximum atomic E-state index is 10.3. The minimum Gasteiger partial charge on any atom is -0.298 e. The number of aryl methyl sites for hydroxylation is 1. The molecule has 2 rings (SSSR count). The maximum absolute atomic E-state index is 10.3. The van der Waals surface area contributed by atoms with Gasteiger partial charge in [-0.3, -0.25) is 4.79 Å². The van der Waals surface area contributed by atoms with Gasteiger partial charge in [0.05, 0.1) is 0 Å². The predicted molar refractivity (Wildman–Crippen MR) is 70.9 cm³/mol. The highest BCUT2D eigenvalue weighted by molar-refractivity contribution is 5.79. The molecule has 0 saturated heterocycles. The topological polar surface area (TPSA) is 17.1 Å². The van der Waals surface area contributed by atoms with E-state index in [-0.39, 0.29) is 0 Å². The molecule has 1 nitrogen and oxygen atoms in total. The molecule has 2 aromatic rings. The standard InChI is InChI=1S/C9H6O.C7H8/c1-2-8-5-3-4-6-9(8)7-10;1-7-5-3-2-4-6-7/h1,3-7H;2-6H,1H3. The summed E-state index contributed by atoms with van der Waals surface area (Å²) in [5.74, 6) is 2.42. The number of rotatable bonds is 1. The Labute approximate surface area is 102 Å². The van der Waals surface area contributed by atoms with Gasteiger partial charge in [-0.2, -0.15) is 0 Å². The molecule has 2 aromatic carbocycles. The summed E-state index contributed by atoms with van der Waals surface area (Å²) in [7, 11) is 0. The van der Waals surface area contributed by atoms with Gasteiger partial charge in [-0.05, 0) is 13.0 Å². The molecular formula is C16H14O.